The Morgan fingerprint density at radius 3 is 3.13 bits per heavy atom. The minimum absolute atomic E-state index is 0.543. The maximum Gasteiger partial charge on any atom is 0.166 e. The molecule has 1 unspecified atom stereocenters. The molecule has 1 N–H and O–H groups in total. The fraction of sp³-hybridized carbons (Fsp3) is 0.500. The van der Waals surface area contributed by atoms with Crippen LogP contribution in [0.1, 0.15) is 18.9 Å². The van der Waals surface area contributed by atoms with Crippen molar-refractivity contribution in [3.63, 3.8) is 0 Å². The number of aromatic nitrogens is 2. The molecule has 0 saturated carbocycles. The molecule has 1 atom stereocenters. The Kier molecular flexibility index (Phi) is 4.91. The molecule has 0 radical (unpaired) electrons. The second-order valence-corrected chi connectivity index (χ2v) is 4.44. The number of nitrogens with one attached hydrogen (secondary N) is 1. The topological polar surface area (TPSA) is 61.6 Å². The van der Waals surface area contributed by atoms with Crippen molar-refractivity contribution in [3.8, 4) is 6.07 Å². The number of rotatable bonds is 5. The van der Waals surface area contributed by atoms with Gasteiger partial charge in [0.1, 0.15) is 6.07 Å². The third-order valence-corrected chi connectivity index (χ3v) is 3.13. The summed E-state index contributed by atoms with van der Waals surface area (Å²) in [6.45, 7) is 2.99. The fourth-order valence-electron chi connectivity index (χ4n) is 1.06. The van der Waals surface area contributed by atoms with E-state index in [1.54, 1.807) is 6.07 Å². The normalized spacial score (nSPS) is 11.8. The quantitative estimate of drug-likeness (QED) is 0.824. The summed E-state index contributed by atoms with van der Waals surface area (Å²) in [6, 6.07) is 3.74. The SMILES string of the molecule is CSC(C)CCNc1nnccc1C#N. The predicted molar refractivity (Wildman–Crippen MR) is 62.8 cm³/mol. The Morgan fingerprint density at radius 1 is 1.67 bits per heavy atom. The highest BCUT2D eigenvalue weighted by Gasteiger charge is 2.03. The van der Waals surface area contributed by atoms with Crippen molar-refractivity contribution in [3.05, 3.63) is 17.8 Å². The summed E-state index contributed by atoms with van der Waals surface area (Å²) in [6.07, 6.45) is 4.66. The third-order valence-electron chi connectivity index (χ3n) is 2.09. The Bertz CT molecular complexity index is 348. The summed E-state index contributed by atoms with van der Waals surface area (Å²) in [7, 11) is 0. The van der Waals surface area contributed by atoms with E-state index in [0.717, 1.165) is 13.0 Å². The smallest absolute Gasteiger partial charge is 0.166 e. The van der Waals surface area contributed by atoms with Crippen LogP contribution in [0.3, 0.4) is 0 Å². The maximum atomic E-state index is 8.81. The Hall–Kier alpha value is -1.28. The Morgan fingerprint density at radius 2 is 2.47 bits per heavy atom. The fourth-order valence-corrected chi connectivity index (χ4v) is 1.42. The van der Waals surface area contributed by atoms with E-state index >= 15 is 0 Å². The summed E-state index contributed by atoms with van der Waals surface area (Å²) in [5.41, 5.74) is 0.543. The van der Waals surface area contributed by atoms with Crippen LogP contribution in [0.5, 0.6) is 0 Å². The molecule has 0 bridgehead atoms. The summed E-state index contributed by atoms with van der Waals surface area (Å²) in [4.78, 5) is 0. The van der Waals surface area contributed by atoms with E-state index in [-0.39, 0.29) is 0 Å². The van der Waals surface area contributed by atoms with E-state index < -0.39 is 0 Å². The zero-order valence-corrected chi connectivity index (χ0v) is 9.71. The summed E-state index contributed by atoms with van der Waals surface area (Å²) in [5.74, 6) is 0.577. The molecule has 1 aromatic rings. The first kappa shape index (κ1) is 11.8. The van der Waals surface area contributed by atoms with Crippen LogP contribution in [0.15, 0.2) is 12.3 Å². The van der Waals surface area contributed by atoms with Crippen molar-refractivity contribution in [1.29, 1.82) is 5.26 Å². The molecule has 1 rings (SSSR count). The summed E-state index contributed by atoms with van der Waals surface area (Å²) >= 11 is 1.83. The largest absolute Gasteiger partial charge is 0.367 e. The molecule has 0 aliphatic rings. The van der Waals surface area contributed by atoms with Crippen LogP contribution in [-0.2, 0) is 0 Å². The minimum atomic E-state index is 0.543. The van der Waals surface area contributed by atoms with Gasteiger partial charge in [-0.3, -0.25) is 0 Å². The van der Waals surface area contributed by atoms with Crippen LogP contribution in [0.4, 0.5) is 5.82 Å². The first-order valence-electron chi connectivity index (χ1n) is 4.76. The van der Waals surface area contributed by atoms with Gasteiger partial charge in [-0.1, -0.05) is 6.92 Å². The monoisotopic (exact) mass is 222 g/mol. The molecule has 1 aromatic heterocycles. The lowest BCUT2D eigenvalue weighted by Crippen LogP contribution is -2.10. The summed E-state index contributed by atoms with van der Waals surface area (Å²) < 4.78 is 0. The van der Waals surface area contributed by atoms with Crippen LogP contribution in [0, 0.1) is 11.3 Å². The molecule has 0 fully saturated rings. The van der Waals surface area contributed by atoms with Gasteiger partial charge in [-0.2, -0.15) is 22.1 Å². The van der Waals surface area contributed by atoms with Gasteiger partial charge >= 0.3 is 0 Å². The van der Waals surface area contributed by atoms with Gasteiger partial charge < -0.3 is 5.32 Å². The average molecular weight is 222 g/mol. The van der Waals surface area contributed by atoms with E-state index in [1.807, 2.05) is 11.8 Å². The van der Waals surface area contributed by atoms with E-state index in [0.29, 0.717) is 16.6 Å². The van der Waals surface area contributed by atoms with Gasteiger partial charge in [-0.15, -0.1) is 5.10 Å². The van der Waals surface area contributed by atoms with Crippen molar-refractivity contribution >= 4 is 17.6 Å². The highest BCUT2D eigenvalue weighted by atomic mass is 32.2. The molecule has 0 amide bonds. The van der Waals surface area contributed by atoms with E-state index in [1.165, 1.54) is 6.20 Å². The van der Waals surface area contributed by atoms with Crippen molar-refractivity contribution < 1.29 is 0 Å². The number of nitrogens with zero attached hydrogens (tertiary/aromatic N) is 3. The second-order valence-electron chi connectivity index (χ2n) is 3.17. The molecule has 0 aromatic carbocycles. The first-order valence-corrected chi connectivity index (χ1v) is 6.05. The van der Waals surface area contributed by atoms with Crippen molar-refractivity contribution in [1.82, 2.24) is 10.2 Å². The van der Waals surface area contributed by atoms with Gasteiger partial charge in [-0.25, -0.2) is 0 Å². The lowest BCUT2D eigenvalue weighted by atomic mass is 10.3. The first-order chi connectivity index (χ1) is 7.27. The third kappa shape index (κ3) is 3.76. The zero-order valence-electron chi connectivity index (χ0n) is 8.90. The van der Waals surface area contributed by atoms with Gasteiger partial charge in [0.2, 0.25) is 0 Å². The second kappa shape index (κ2) is 6.25. The van der Waals surface area contributed by atoms with E-state index in [9.17, 15) is 0 Å². The molecule has 15 heavy (non-hydrogen) atoms. The van der Waals surface area contributed by atoms with Crippen LogP contribution < -0.4 is 5.32 Å². The molecule has 0 spiro atoms. The maximum absolute atomic E-state index is 8.81. The molecule has 0 aliphatic heterocycles. The van der Waals surface area contributed by atoms with Crippen LogP contribution in [-0.4, -0.2) is 28.2 Å². The average Bonchev–Trinajstić information content (AvgIpc) is 2.29. The Labute approximate surface area is 94.1 Å². The number of anilines is 1. The zero-order chi connectivity index (χ0) is 11.1. The molecule has 4 nitrogen and oxygen atoms in total. The van der Waals surface area contributed by atoms with Gasteiger partial charge in [0.15, 0.2) is 5.82 Å². The molecule has 0 aliphatic carbocycles. The highest BCUT2D eigenvalue weighted by molar-refractivity contribution is 7.99. The molecular weight excluding hydrogens is 208 g/mol. The molecular formula is C10H14N4S. The number of hydrogen-bond acceptors (Lipinski definition) is 5. The Balaban J connectivity index is 2.47. The van der Waals surface area contributed by atoms with Gasteiger partial charge in [0, 0.05) is 11.8 Å². The number of nitriles is 1. The van der Waals surface area contributed by atoms with Crippen molar-refractivity contribution in [2.75, 3.05) is 18.1 Å². The lowest BCUT2D eigenvalue weighted by molar-refractivity contribution is 0.844. The van der Waals surface area contributed by atoms with Crippen LogP contribution in [0.2, 0.25) is 0 Å². The van der Waals surface area contributed by atoms with Crippen molar-refractivity contribution in [2.24, 2.45) is 0 Å². The summed E-state index contributed by atoms with van der Waals surface area (Å²) in [5, 5.41) is 20.2. The molecule has 80 valence electrons. The van der Waals surface area contributed by atoms with E-state index in [4.69, 9.17) is 5.26 Å². The number of hydrogen-bond donors (Lipinski definition) is 1. The standard InChI is InChI=1S/C10H14N4S/c1-8(15-2)3-5-12-10-9(7-11)4-6-13-14-10/h4,6,8H,3,5H2,1-2H3,(H,12,14). The van der Waals surface area contributed by atoms with E-state index in [2.05, 4.69) is 34.8 Å². The van der Waals surface area contributed by atoms with Gasteiger partial charge in [0.25, 0.3) is 0 Å². The molecule has 1 heterocycles. The highest BCUT2D eigenvalue weighted by Crippen LogP contribution is 2.11. The minimum Gasteiger partial charge on any atom is -0.367 e. The molecule has 0 saturated heterocycles. The lowest BCUT2D eigenvalue weighted by Gasteiger charge is -2.09. The molecule has 5 heteroatoms. The predicted octanol–water partition coefficient (Wildman–Crippen LogP) is 1.90. The van der Waals surface area contributed by atoms with Crippen LogP contribution in [0.25, 0.3) is 0 Å². The van der Waals surface area contributed by atoms with Gasteiger partial charge in [0.05, 0.1) is 11.8 Å². The van der Waals surface area contributed by atoms with Crippen molar-refractivity contribution in [2.45, 2.75) is 18.6 Å². The van der Waals surface area contributed by atoms with Gasteiger partial charge in [-0.05, 0) is 18.7 Å². The number of thioether (sulfide) groups is 1. The van der Waals surface area contributed by atoms with Crippen LogP contribution >= 0.6 is 11.8 Å².